The molecule has 1 aromatic rings. The minimum absolute atomic E-state index is 0.0254. The van der Waals surface area contributed by atoms with Crippen LogP contribution >= 0.6 is 0 Å². The number of hydrogen-bond acceptors (Lipinski definition) is 2. The van der Waals surface area contributed by atoms with Gasteiger partial charge in [0.25, 0.3) is 0 Å². The van der Waals surface area contributed by atoms with Crippen molar-refractivity contribution < 1.29 is 10.2 Å². The first-order valence-electron chi connectivity index (χ1n) is 5.20. The molecule has 0 spiro atoms. The van der Waals surface area contributed by atoms with E-state index in [1.165, 1.54) is 0 Å². The third-order valence-electron chi connectivity index (χ3n) is 3.08. The Kier molecular flexibility index (Phi) is 2.85. The minimum Gasteiger partial charge on any atom is -0.393 e. The lowest BCUT2D eigenvalue weighted by molar-refractivity contribution is 0.0307. The van der Waals surface area contributed by atoms with Crippen molar-refractivity contribution in [2.45, 2.75) is 31.5 Å². The molecule has 2 rings (SSSR count). The smallest absolute Gasteiger partial charge is 0.0842 e. The van der Waals surface area contributed by atoms with Crippen LogP contribution in [0.2, 0.25) is 0 Å². The average molecular weight is 192 g/mol. The lowest BCUT2D eigenvalue weighted by Crippen LogP contribution is -2.20. The molecule has 1 aliphatic carbocycles. The molecule has 14 heavy (non-hydrogen) atoms. The van der Waals surface area contributed by atoms with Gasteiger partial charge in [-0.05, 0) is 18.4 Å². The molecule has 3 atom stereocenters. The Morgan fingerprint density at radius 3 is 2.43 bits per heavy atom. The van der Waals surface area contributed by atoms with Crippen LogP contribution in [-0.4, -0.2) is 16.3 Å². The zero-order chi connectivity index (χ0) is 9.97. The van der Waals surface area contributed by atoms with E-state index in [-0.39, 0.29) is 12.0 Å². The molecule has 1 aromatic carbocycles. The number of aliphatic hydroxyl groups excluding tert-OH is 2. The second-order valence-corrected chi connectivity index (χ2v) is 4.02. The molecule has 2 heteroatoms. The fourth-order valence-electron chi connectivity index (χ4n) is 2.23. The topological polar surface area (TPSA) is 40.5 Å². The molecule has 2 N–H and O–H groups in total. The Balaban J connectivity index is 2.12. The third kappa shape index (κ3) is 1.81. The fraction of sp³-hybridized carbons (Fsp3) is 0.500. The summed E-state index contributed by atoms with van der Waals surface area (Å²) in [5.41, 5.74) is 0.915. The molecule has 0 radical (unpaired) electrons. The molecule has 0 amide bonds. The van der Waals surface area contributed by atoms with Crippen molar-refractivity contribution in [3.63, 3.8) is 0 Å². The quantitative estimate of drug-likeness (QED) is 0.751. The molecule has 1 fully saturated rings. The number of rotatable bonds is 2. The average Bonchev–Trinajstić information content (AvgIpc) is 2.65. The predicted molar refractivity (Wildman–Crippen MR) is 54.7 cm³/mol. The summed E-state index contributed by atoms with van der Waals surface area (Å²) in [6.45, 7) is 0. The lowest BCUT2D eigenvalue weighted by atomic mass is 9.93. The Morgan fingerprint density at radius 2 is 1.86 bits per heavy atom. The van der Waals surface area contributed by atoms with Crippen LogP contribution in [0.3, 0.4) is 0 Å². The van der Waals surface area contributed by atoms with Crippen molar-refractivity contribution in [3.05, 3.63) is 35.9 Å². The predicted octanol–water partition coefficient (Wildman–Crippen LogP) is 1.88. The van der Waals surface area contributed by atoms with Crippen LogP contribution < -0.4 is 0 Å². The van der Waals surface area contributed by atoms with E-state index >= 15 is 0 Å². The summed E-state index contributed by atoms with van der Waals surface area (Å²) in [7, 11) is 0. The fourth-order valence-corrected chi connectivity index (χ4v) is 2.23. The van der Waals surface area contributed by atoms with Gasteiger partial charge < -0.3 is 10.2 Å². The van der Waals surface area contributed by atoms with Crippen LogP contribution in [0.5, 0.6) is 0 Å². The Labute approximate surface area is 84.2 Å². The maximum Gasteiger partial charge on any atom is 0.0842 e. The molecule has 0 unspecified atom stereocenters. The van der Waals surface area contributed by atoms with Crippen LogP contribution in [0, 0.1) is 5.92 Å². The van der Waals surface area contributed by atoms with E-state index in [9.17, 15) is 10.2 Å². The third-order valence-corrected chi connectivity index (χ3v) is 3.08. The maximum absolute atomic E-state index is 10.0. The summed E-state index contributed by atoms with van der Waals surface area (Å²) >= 11 is 0. The van der Waals surface area contributed by atoms with Crippen molar-refractivity contribution in [3.8, 4) is 0 Å². The van der Waals surface area contributed by atoms with Gasteiger partial charge in [0.1, 0.15) is 0 Å². The highest BCUT2D eigenvalue weighted by molar-refractivity contribution is 5.18. The zero-order valence-corrected chi connectivity index (χ0v) is 8.13. The Morgan fingerprint density at radius 1 is 1.14 bits per heavy atom. The molecule has 76 valence electrons. The second-order valence-electron chi connectivity index (χ2n) is 4.02. The van der Waals surface area contributed by atoms with Gasteiger partial charge in [0.2, 0.25) is 0 Å². The van der Waals surface area contributed by atoms with Gasteiger partial charge in [0.15, 0.2) is 0 Å². The van der Waals surface area contributed by atoms with Gasteiger partial charge in [0.05, 0.1) is 12.2 Å². The van der Waals surface area contributed by atoms with E-state index in [2.05, 4.69) is 0 Å². The molecule has 1 saturated carbocycles. The first-order chi connectivity index (χ1) is 6.79. The lowest BCUT2D eigenvalue weighted by Gasteiger charge is -2.21. The summed E-state index contributed by atoms with van der Waals surface area (Å²) < 4.78 is 0. The molecular formula is C12H16O2. The van der Waals surface area contributed by atoms with Crippen molar-refractivity contribution in [2.75, 3.05) is 0 Å². The SMILES string of the molecule is O[C@H]1CCC[C@H]1[C@@H](O)c1ccccc1. The van der Waals surface area contributed by atoms with Crippen molar-refractivity contribution in [1.82, 2.24) is 0 Å². The van der Waals surface area contributed by atoms with E-state index in [1.807, 2.05) is 30.3 Å². The van der Waals surface area contributed by atoms with Gasteiger partial charge in [-0.3, -0.25) is 0 Å². The summed E-state index contributed by atoms with van der Waals surface area (Å²) in [6.07, 6.45) is 1.94. The first-order valence-corrected chi connectivity index (χ1v) is 5.20. The summed E-state index contributed by atoms with van der Waals surface area (Å²) in [4.78, 5) is 0. The molecule has 0 aliphatic heterocycles. The molecule has 2 nitrogen and oxygen atoms in total. The second kappa shape index (κ2) is 4.11. The Bertz CT molecular complexity index is 284. The van der Waals surface area contributed by atoms with E-state index in [1.54, 1.807) is 0 Å². The molecule has 0 aromatic heterocycles. The Hall–Kier alpha value is -0.860. The van der Waals surface area contributed by atoms with Gasteiger partial charge in [-0.2, -0.15) is 0 Å². The summed E-state index contributed by atoms with van der Waals surface area (Å²) in [6, 6.07) is 9.59. The van der Waals surface area contributed by atoms with Crippen LogP contribution in [0.4, 0.5) is 0 Å². The monoisotopic (exact) mass is 192 g/mol. The minimum atomic E-state index is -0.506. The van der Waals surface area contributed by atoms with Gasteiger partial charge in [-0.15, -0.1) is 0 Å². The van der Waals surface area contributed by atoms with E-state index in [4.69, 9.17) is 0 Å². The highest BCUT2D eigenvalue weighted by Crippen LogP contribution is 2.35. The first kappa shape index (κ1) is 9.69. The van der Waals surface area contributed by atoms with Crippen LogP contribution in [0.25, 0.3) is 0 Å². The highest BCUT2D eigenvalue weighted by atomic mass is 16.3. The number of benzene rings is 1. The summed E-state index contributed by atoms with van der Waals surface area (Å²) in [5, 5.41) is 19.7. The van der Waals surface area contributed by atoms with Crippen LogP contribution in [0.1, 0.15) is 30.9 Å². The molecular weight excluding hydrogens is 176 g/mol. The molecule has 0 heterocycles. The zero-order valence-electron chi connectivity index (χ0n) is 8.13. The van der Waals surface area contributed by atoms with Gasteiger partial charge >= 0.3 is 0 Å². The van der Waals surface area contributed by atoms with Gasteiger partial charge in [-0.1, -0.05) is 36.8 Å². The van der Waals surface area contributed by atoms with E-state index in [0.717, 1.165) is 24.8 Å². The number of hydrogen-bond donors (Lipinski definition) is 2. The van der Waals surface area contributed by atoms with Gasteiger partial charge in [0, 0.05) is 5.92 Å². The molecule has 1 aliphatic rings. The van der Waals surface area contributed by atoms with Crippen LogP contribution in [-0.2, 0) is 0 Å². The van der Waals surface area contributed by atoms with Gasteiger partial charge in [-0.25, -0.2) is 0 Å². The molecule has 0 bridgehead atoms. The van der Waals surface area contributed by atoms with Crippen molar-refractivity contribution in [1.29, 1.82) is 0 Å². The van der Waals surface area contributed by atoms with E-state index in [0.29, 0.717) is 0 Å². The van der Waals surface area contributed by atoms with Crippen LogP contribution in [0.15, 0.2) is 30.3 Å². The van der Waals surface area contributed by atoms with E-state index < -0.39 is 6.10 Å². The van der Waals surface area contributed by atoms with Crippen molar-refractivity contribution in [2.24, 2.45) is 5.92 Å². The van der Waals surface area contributed by atoms with Crippen molar-refractivity contribution >= 4 is 0 Å². The molecule has 0 saturated heterocycles. The number of aliphatic hydroxyl groups is 2. The summed E-state index contributed by atoms with van der Waals surface area (Å²) in [5.74, 6) is 0.0254. The largest absolute Gasteiger partial charge is 0.393 e. The standard InChI is InChI=1S/C12H16O2/c13-11-8-4-7-10(11)12(14)9-5-2-1-3-6-9/h1-3,5-6,10-14H,4,7-8H2/t10-,11+,12+/m1/s1. The highest BCUT2D eigenvalue weighted by Gasteiger charge is 2.31. The normalized spacial score (nSPS) is 29.0. The maximum atomic E-state index is 10.0.